The number of benzene rings is 1. The highest BCUT2D eigenvalue weighted by molar-refractivity contribution is 6.31. The molecule has 32 heavy (non-hydrogen) atoms. The van der Waals surface area contributed by atoms with Crippen molar-refractivity contribution in [1.82, 2.24) is 19.3 Å². The highest BCUT2D eigenvalue weighted by atomic mass is 35.5. The maximum atomic E-state index is 14.6. The van der Waals surface area contributed by atoms with Crippen LogP contribution in [0.3, 0.4) is 0 Å². The number of hydrogen-bond acceptors (Lipinski definition) is 4. The largest absolute Gasteiger partial charge is 0.466 e. The fraction of sp³-hybridized carbons (Fsp3) is 0.227. The second-order valence-electron chi connectivity index (χ2n) is 7.44. The first kappa shape index (κ1) is 22.2. The number of ether oxygens (including phenoxy) is 1. The van der Waals surface area contributed by atoms with E-state index in [2.05, 4.69) is 9.97 Å². The van der Waals surface area contributed by atoms with E-state index in [-0.39, 0.29) is 36.9 Å². The van der Waals surface area contributed by atoms with E-state index in [0.717, 1.165) is 5.39 Å². The van der Waals surface area contributed by atoms with Crippen molar-refractivity contribution in [2.45, 2.75) is 18.4 Å². The molecule has 0 radical (unpaired) electrons. The standard InChI is InChI=1S/C22H17ClF2N4O2.ClH/c23-15-11-16(20-26-8-10-28(20)12-15)21(30)29-9-7-22(24,25)18(13-29)31-19-6-5-14-3-1-2-4-17(14)27-19;/h1-6,8,10-12,18H,7,9,13H2;1H/t18-;/m0./s1. The number of alkyl halides is 2. The number of hydrogen-bond donors (Lipinski definition) is 0. The number of imidazole rings is 1. The van der Waals surface area contributed by atoms with Crippen LogP contribution in [-0.4, -0.2) is 50.3 Å². The summed E-state index contributed by atoms with van der Waals surface area (Å²) in [7, 11) is 0. The van der Waals surface area contributed by atoms with E-state index in [1.54, 1.807) is 41.2 Å². The molecule has 3 aromatic heterocycles. The second-order valence-corrected chi connectivity index (χ2v) is 7.88. The van der Waals surface area contributed by atoms with Crippen LogP contribution in [0.15, 0.2) is 61.1 Å². The lowest BCUT2D eigenvalue weighted by molar-refractivity contribution is -0.131. The Labute approximate surface area is 193 Å². The molecule has 1 aromatic carbocycles. The third-order valence-corrected chi connectivity index (χ3v) is 5.59. The molecule has 5 rings (SSSR count). The van der Waals surface area contributed by atoms with Crippen molar-refractivity contribution < 1.29 is 18.3 Å². The number of amides is 1. The van der Waals surface area contributed by atoms with Crippen LogP contribution in [0.25, 0.3) is 16.6 Å². The van der Waals surface area contributed by atoms with Crippen molar-refractivity contribution in [3.63, 3.8) is 0 Å². The highest BCUT2D eigenvalue weighted by Crippen LogP contribution is 2.33. The van der Waals surface area contributed by atoms with E-state index in [1.165, 1.54) is 11.0 Å². The predicted octanol–water partition coefficient (Wildman–Crippen LogP) is 4.89. The van der Waals surface area contributed by atoms with Gasteiger partial charge in [-0.25, -0.2) is 18.7 Å². The number of aromatic nitrogens is 3. The Morgan fingerprint density at radius 2 is 2.03 bits per heavy atom. The van der Waals surface area contributed by atoms with Crippen LogP contribution >= 0.6 is 24.0 Å². The van der Waals surface area contributed by atoms with Crippen molar-refractivity contribution >= 4 is 46.5 Å². The first-order chi connectivity index (χ1) is 14.9. The first-order valence-electron chi connectivity index (χ1n) is 9.72. The normalized spacial score (nSPS) is 17.8. The van der Waals surface area contributed by atoms with Gasteiger partial charge in [0, 0.05) is 43.0 Å². The van der Waals surface area contributed by atoms with E-state index < -0.39 is 24.4 Å². The predicted molar refractivity (Wildman–Crippen MR) is 119 cm³/mol. The molecule has 1 atom stereocenters. The smallest absolute Gasteiger partial charge is 0.287 e. The molecule has 0 aliphatic carbocycles. The summed E-state index contributed by atoms with van der Waals surface area (Å²) in [5.41, 5.74) is 1.32. The van der Waals surface area contributed by atoms with Gasteiger partial charge < -0.3 is 14.0 Å². The molecule has 1 saturated heterocycles. The van der Waals surface area contributed by atoms with E-state index in [9.17, 15) is 13.6 Å². The van der Waals surface area contributed by atoms with Crippen LogP contribution < -0.4 is 4.74 Å². The van der Waals surface area contributed by atoms with Gasteiger partial charge in [0.1, 0.15) is 5.65 Å². The van der Waals surface area contributed by atoms with Gasteiger partial charge in [0.25, 0.3) is 11.8 Å². The summed E-state index contributed by atoms with van der Waals surface area (Å²) in [5, 5.41) is 1.23. The summed E-state index contributed by atoms with van der Waals surface area (Å²) in [6.45, 7) is -0.379. The molecule has 0 unspecified atom stereocenters. The molecule has 4 aromatic rings. The molecule has 1 fully saturated rings. The lowest BCUT2D eigenvalue weighted by Gasteiger charge is -2.38. The first-order valence-corrected chi connectivity index (χ1v) is 10.1. The minimum Gasteiger partial charge on any atom is -0.466 e. The van der Waals surface area contributed by atoms with Gasteiger partial charge in [-0.15, -0.1) is 12.4 Å². The molecule has 1 aliphatic rings. The molecule has 4 heterocycles. The van der Waals surface area contributed by atoms with Gasteiger partial charge >= 0.3 is 0 Å². The summed E-state index contributed by atoms with van der Waals surface area (Å²) in [6, 6.07) is 12.2. The number of nitrogens with zero attached hydrogens (tertiary/aromatic N) is 4. The molecular weight excluding hydrogens is 461 g/mol. The molecule has 166 valence electrons. The number of fused-ring (bicyclic) bond motifs is 2. The van der Waals surface area contributed by atoms with Crippen molar-refractivity contribution in [2.75, 3.05) is 13.1 Å². The maximum absolute atomic E-state index is 14.6. The SMILES string of the molecule is Cl.O=C(c1cc(Cl)cn2ccnc12)N1CCC(F)(F)[C@@H](Oc2ccc3ccccc3n2)C1. The Morgan fingerprint density at radius 1 is 1.22 bits per heavy atom. The third-order valence-electron chi connectivity index (χ3n) is 5.38. The summed E-state index contributed by atoms with van der Waals surface area (Å²) >= 11 is 6.12. The lowest BCUT2D eigenvalue weighted by Crippen LogP contribution is -2.55. The second kappa shape index (κ2) is 8.52. The van der Waals surface area contributed by atoms with Gasteiger partial charge in [-0.3, -0.25) is 4.79 Å². The van der Waals surface area contributed by atoms with Crippen LogP contribution in [0, 0.1) is 0 Å². The van der Waals surface area contributed by atoms with Gasteiger partial charge in [-0.1, -0.05) is 29.8 Å². The van der Waals surface area contributed by atoms with Crippen LogP contribution in [0.1, 0.15) is 16.8 Å². The molecule has 1 amide bonds. The zero-order valence-corrected chi connectivity index (χ0v) is 18.2. The Balaban J connectivity index is 0.00000245. The van der Waals surface area contributed by atoms with Crippen molar-refractivity contribution in [3.8, 4) is 5.88 Å². The Bertz CT molecular complexity index is 1300. The number of likely N-dealkylation sites (tertiary alicyclic amines) is 1. The van der Waals surface area contributed by atoms with Crippen molar-refractivity contribution in [3.05, 3.63) is 71.6 Å². The maximum Gasteiger partial charge on any atom is 0.287 e. The number of rotatable bonds is 3. The number of pyridine rings is 2. The van der Waals surface area contributed by atoms with Gasteiger partial charge in [-0.2, -0.15) is 0 Å². The van der Waals surface area contributed by atoms with Crippen molar-refractivity contribution in [2.24, 2.45) is 0 Å². The molecule has 6 nitrogen and oxygen atoms in total. The monoisotopic (exact) mass is 478 g/mol. The summed E-state index contributed by atoms with van der Waals surface area (Å²) in [5.74, 6) is -3.42. The molecule has 0 saturated carbocycles. The van der Waals surface area contributed by atoms with E-state index in [4.69, 9.17) is 16.3 Å². The summed E-state index contributed by atoms with van der Waals surface area (Å²) in [4.78, 5) is 23.0. The minimum absolute atomic E-state index is 0. The van der Waals surface area contributed by atoms with E-state index in [0.29, 0.717) is 16.2 Å². The molecule has 0 spiro atoms. The zero-order valence-electron chi connectivity index (χ0n) is 16.6. The number of para-hydroxylation sites is 1. The summed E-state index contributed by atoms with van der Waals surface area (Å²) in [6.07, 6.45) is 2.81. The number of halogens is 4. The van der Waals surface area contributed by atoms with Gasteiger partial charge in [-0.05, 0) is 18.2 Å². The highest BCUT2D eigenvalue weighted by Gasteiger charge is 2.47. The quantitative estimate of drug-likeness (QED) is 0.420. The van der Waals surface area contributed by atoms with Crippen LogP contribution in [0.4, 0.5) is 8.78 Å². The fourth-order valence-corrected chi connectivity index (χ4v) is 3.98. The van der Waals surface area contributed by atoms with Crippen LogP contribution in [-0.2, 0) is 0 Å². The lowest BCUT2D eigenvalue weighted by atomic mass is 10.0. The minimum atomic E-state index is -3.10. The summed E-state index contributed by atoms with van der Waals surface area (Å²) < 4.78 is 36.5. The fourth-order valence-electron chi connectivity index (χ4n) is 3.76. The van der Waals surface area contributed by atoms with E-state index in [1.807, 2.05) is 18.2 Å². The van der Waals surface area contributed by atoms with E-state index >= 15 is 0 Å². The Hall–Kier alpha value is -2.97. The zero-order chi connectivity index (χ0) is 21.6. The third kappa shape index (κ3) is 4.08. The molecule has 0 bridgehead atoms. The number of piperidine rings is 1. The average molecular weight is 479 g/mol. The van der Waals surface area contributed by atoms with Crippen molar-refractivity contribution in [1.29, 1.82) is 0 Å². The van der Waals surface area contributed by atoms with Crippen LogP contribution in [0.2, 0.25) is 5.02 Å². The molecular formula is C22H18Cl2F2N4O2. The van der Waals surface area contributed by atoms with Gasteiger partial charge in [0.2, 0.25) is 5.88 Å². The molecule has 0 N–H and O–H groups in total. The van der Waals surface area contributed by atoms with Crippen LogP contribution in [0.5, 0.6) is 5.88 Å². The molecule has 10 heteroatoms. The topological polar surface area (TPSA) is 59.7 Å². The Morgan fingerprint density at radius 3 is 2.88 bits per heavy atom. The average Bonchev–Trinajstić information content (AvgIpc) is 3.22. The number of carbonyl (C=O) groups is 1. The molecule has 1 aliphatic heterocycles. The van der Waals surface area contributed by atoms with Gasteiger partial charge in [0.05, 0.1) is 22.6 Å². The van der Waals surface area contributed by atoms with Gasteiger partial charge in [0.15, 0.2) is 6.10 Å². The Kier molecular flexibility index (Phi) is 5.92. The number of carbonyl (C=O) groups excluding carboxylic acids is 1.